The maximum Gasteiger partial charge on any atom is 0.341 e. The third-order valence-electron chi connectivity index (χ3n) is 5.64. The van der Waals surface area contributed by atoms with Gasteiger partial charge in [-0.3, -0.25) is 4.79 Å². The Labute approximate surface area is 160 Å². The first-order valence-electron chi connectivity index (χ1n) is 9.10. The van der Waals surface area contributed by atoms with E-state index in [2.05, 4.69) is 0 Å². The van der Waals surface area contributed by atoms with Gasteiger partial charge in [0.25, 0.3) is 0 Å². The molecule has 2 heterocycles. The molecule has 3 N–H and O–H groups in total. The minimum absolute atomic E-state index is 0.0000578. The Balaban J connectivity index is 1.94. The van der Waals surface area contributed by atoms with E-state index in [4.69, 9.17) is 17.3 Å². The molecule has 4 rings (SSSR count). The second kappa shape index (κ2) is 6.49. The summed E-state index contributed by atoms with van der Waals surface area (Å²) in [5, 5.41) is 9.51. The number of pyridine rings is 1. The number of nitrogens with zero attached hydrogens (tertiary/aromatic N) is 2. The van der Waals surface area contributed by atoms with Crippen LogP contribution in [0.2, 0.25) is 5.02 Å². The number of aromatic carboxylic acids is 1. The number of aromatic nitrogens is 1. The van der Waals surface area contributed by atoms with Crippen LogP contribution in [0.5, 0.6) is 0 Å². The highest BCUT2D eigenvalue weighted by atomic mass is 35.5. The van der Waals surface area contributed by atoms with Crippen LogP contribution in [-0.2, 0) is 0 Å². The van der Waals surface area contributed by atoms with Gasteiger partial charge >= 0.3 is 5.97 Å². The molecule has 1 aliphatic carbocycles. The molecule has 0 amide bonds. The van der Waals surface area contributed by atoms with Crippen molar-refractivity contribution in [2.45, 2.75) is 38.3 Å². The fourth-order valence-corrected chi connectivity index (χ4v) is 4.34. The fraction of sp³-hybridized carbons (Fsp3) is 0.474. The Morgan fingerprint density at radius 2 is 2.11 bits per heavy atom. The second-order valence-corrected chi connectivity index (χ2v) is 7.96. The van der Waals surface area contributed by atoms with Crippen molar-refractivity contribution in [3.8, 4) is 0 Å². The van der Waals surface area contributed by atoms with Crippen LogP contribution in [0.15, 0.2) is 17.1 Å². The highest BCUT2D eigenvalue weighted by Crippen LogP contribution is 2.43. The third kappa shape index (κ3) is 2.99. The molecule has 2 aliphatic rings. The minimum atomic E-state index is -1.32. The average molecular weight is 394 g/mol. The molecule has 2 unspecified atom stereocenters. The molecule has 1 saturated carbocycles. The lowest BCUT2D eigenvalue weighted by molar-refractivity contribution is 0.0695. The van der Waals surface area contributed by atoms with Crippen molar-refractivity contribution in [3.05, 3.63) is 38.9 Å². The van der Waals surface area contributed by atoms with Crippen LogP contribution in [0.4, 0.5) is 10.1 Å². The summed E-state index contributed by atoms with van der Waals surface area (Å²) in [5.41, 5.74) is 5.59. The maximum absolute atomic E-state index is 15.0. The van der Waals surface area contributed by atoms with Crippen LogP contribution in [0.1, 0.15) is 42.6 Å². The molecule has 1 aromatic heterocycles. The Hall–Kier alpha value is -2.12. The lowest BCUT2D eigenvalue weighted by atomic mass is 10.0. The molecule has 2 aromatic rings. The molecule has 1 aliphatic heterocycles. The van der Waals surface area contributed by atoms with Gasteiger partial charge in [-0.25, -0.2) is 9.18 Å². The molecule has 27 heavy (non-hydrogen) atoms. The van der Waals surface area contributed by atoms with Gasteiger partial charge < -0.3 is 20.3 Å². The topological polar surface area (TPSA) is 88.6 Å². The molecule has 8 heteroatoms. The van der Waals surface area contributed by atoms with Gasteiger partial charge in [-0.15, -0.1) is 0 Å². The lowest BCUT2D eigenvalue weighted by Crippen LogP contribution is -2.30. The van der Waals surface area contributed by atoms with Gasteiger partial charge in [-0.1, -0.05) is 11.6 Å². The Bertz CT molecular complexity index is 1000. The van der Waals surface area contributed by atoms with Crippen LogP contribution in [-0.4, -0.2) is 34.8 Å². The number of carboxylic acid groups (broad SMARTS) is 1. The normalized spacial score (nSPS) is 21.0. The number of anilines is 1. The summed E-state index contributed by atoms with van der Waals surface area (Å²) in [6.45, 7) is 3.17. The van der Waals surface area contributed by atoms with Crippen LogP contribution >= 0.6 is 11.6 Å². The van der Waals surface area contributed by atoms with E-state index in [9.17, 15) is 19.1 Å². The van der Waals surface area contributed by atoms with Gasteiger partial charge in [0.05, 0.1) is 21.6 Å². The van der Waals surface area contributed by atoms with E-state index in [-0.39, 0.29) is 39.7 Å². The van der Waals surface area contributed by atoms with Crippen LogP contribution in [0.25, 0.3) is 10.9 Å². The first-order valence-corrected chi connectivity index (χ1v) is 9.48. The molecular formula is C19H21ClFN3O3. The Kier molecular flexibility index (Phi) is 4.39. The monoisotopic (exact) mass is 393 g/mol. The molecular weight excluding hydrogens is 373 g/mol. The standard InChI is InChI=1S/C19H21ClFN3O3/c1-9(22)10-4-5-23(7-10)17-14(21)6-12-16(15(17)20)24(11-2-3-11)8-13(18(12)25)19(26)27/h6,8-11H,2-5,7,22H2,1H3,(H,26,27). The van der Waals surface area contributed by atoms with E-state index in [1.807, 2.05) is 11.8 Å². The van der Waals surface area contributed by atoms with Crippen molar-refractivity contribution >= 4 is 34.2 Å². The van der Waals surface area contributed by atoms with E-state index in [0.29, 0.717) is 18.6 Å². The van der Waals surface area contributed by atoms with Crippen LogP contribution in [0, 0.1) is 11.7 Å². The first-order chi connectivity index (χ1) is 12.8. The molecule has 0 radical (unpaired) electrons. The summed E-state index contributed by atoms with van der Waals surface area (Å²) in [7, 11) is 0. The van der Waals surface area contributed by atoms with Crippen LogP contribution in [0.3, 0.4) is 0 Å². The second-order valence-electron chi connectivity index (χ2n) is 7.59. The highest BCUT2D eigenvalue weighted by molar-refractivity contribution is 6.38. The largest absolute Gasteiger partial charge is 0.477 e. The van der Waals surface area contributed by atoms with Crippen LogP contribution < -0.4 is 16.1 Å². The third-order valence-corrected chi connectivity index (χ3v) is 6.00. The molecule has 6 nitrogen and oxygen atoms in total. The van der Waals surface area contributed by atoms with Gasteiger partial charge in [-0.05, 0) is 38.2 Å². The quantitative estimate of drug-likeness (QED) is 0.833. The Morgan fingerprint density at radius 3 is 2.67 bits per heavy atom. The summed E-state index contributed by atoms with van der Waals surface area (Å²) in [6.07, 6.45) is 3.93. The number of fused-ring (bicyclic) bond motifs is 1. The molecule has 1 aromatic carbocycles. The number of benzene rings is 1. The zero-order valence-electron chi connectivity index (χ0n) is 14.9. The predicted octanol–water partition coefficient (Wildman–Crippen LogP) is 3.00. The van der Waals surface area contributed by atoms with Crippen molar-refractivity contribution < 1.29 is 14.3 Å². The van der Waals surface area contributed by atoms with Crippen molar-refractivity contribution in [2.75, 3.05) is 18.0 Å². The van der Waals surface area contributed by atoms with Gasteiger partial charge in [0.1, 0.15) is 11.4 Å². The molecule has 2 fully saturated rings. The summed E-state index contributed by atoms with van der Waals surface area (Å²) < 4.78 is 16.7. The molecule has 2 atom stereocenters. The van der Waals surface area contributed by atoms with Gasteiger partial charge in [0.2, 0.25) is 5.43 Å². The molecule has 0 spiro atoms. The molecule has 144 valence electrons. The summed E-state index contributed by atoms with van der Waals surface area (Å²) >= 11 is 6.62. The highest BCUT2D eigenvalue weighted by Gasteiger charge is 2.32. The summed E-state index contributed by atoms with van der Waals surface area (Å²) in [4.78, 5) is 25.9. The van der Waals surface area contributed by atoms with Crippen molar-refractivity contribution in [2.24, 2.45) is 11.7 Å². The van der Waals surface area contributed by atoms with Gasteiger partial charge in [0, 0.05) is 31.4 Å². The number of halogens is 2. The van der Waals surface area contributed by atoms with Crippen molar-refractivity contribution in [1.29, 1.82) is 0 Å². The van der Waals surface area contributed by atoms with Gasteiger partial charge in [0.15, 0.2) is 0 Å². The van der Waals surface area contributed by atoms with Crippen molar-refractivity contribution in [3.63, 3.8) is 0 Å². The van der Waals surface area contributed by atoms with E-state index in [1.165, 1.54) is 6.20 Å². The fourth-order valence-electron chi connectivity index (χ4n) is 3.93. The predicted molar refractivity (Wildman–Crippen MR) is 102 cm³/mol. The molecule has 1 saturated heterocycles. The SMILES string of the molecule is CC(N)C1CCN(c2c(F)cc3c(=O)c(C(=O)O)cn(C4CC4)c3c2Cl)C1. The summed E-state index contributed by atoms with van der Waals surface area (Å²) in [6, 6.07) is 1.21. The smallest absolute Gasteiger partial charge is 0.341 e. The minimum Gasteiger partial charge on any atom is -0.477 e. The van der Waals surface area contributed by atoms with E-state index < -0.39 is 17.2 Å². The van der Waals surface area contributed by atoms with E-state index in [0.717, 1.165) is 25.3 Å². The Morgan fingerprint density at radius 1 is 1.41 bits per heavy atom. The van der Waals surface area contributed by atoms with Crippen molar-refractivity contribution in [1.82, 2.24) is 4.57 Å². The van der Waals surface area contributed by atoms with E-state index in [1.54, 1.807) is 4.57 Å². The maximum atomic E-state index is 15.0. The van der Waals surface area contributed by atoms with E-state index >= 15 is 0 Å². The summed E-state index contributed by atoms with van der Waals surface area (Å²) in [5.74, 6) is -1.69. The zero-order chi connectivity index (χ0) is 19.5. The number of nitrogens with two attached hydrogens (primary N) is 1. The number of hydrogen-bond acceptors (Lipinski definition) is 4. The lowest BCUT2D eigenvalue weighted by Gasteiger charge is -2.24. The average Bonchev–Trinajstić information content (AvgIpc) is 3.32. The zero-order valence-corrected chi connectivity index (χ0v) is 15.7. The number of carboxylic acids is 1. The molecule has 0 bridgehead atoms. The first kappa shape index (κ1) is 18.3. The van der Waals surface area contributed by atoms with Gasteiger partial charge in [-0.2, -0.15) is 0 Å². The number of hydrogen-bond donors (Lipinski definition) is 2. The number of carbonyl (C=O) groups is 1. The number of rotatable bonds is 4.